The summed E-state index contributed by atoms with van der Waals surface area (Å²) in [4.78, 5) is 13.7. The van der Waals surface area contributed by atoms with Gasteiger partial charge in [0.2, 0.25) is 0 Å². The van der Waals surface area contributed by atoms with Gasteiger partial charge in [0.15, 0.2) is 10.8 Å². The number of halogens is 2. The Kier molecular flexibility index (Phi) is 5.01. The molecular formula is C15H15BrFNO3. The lowest BCUT2D eigenvalue weighted by Crippen LogP contribution is -2.37. The molecule has 0 N–H and O–H groups in total. The van der Waals surface area contributed by atoms with Gasteiger partial charge in [0, 0.05) is 13.1 Å². The molecule has 0 saturated carbocycles. The molecule has 0 aliphatic rings. The number of rotatable bonds is 5. The number of ether oxygens (including phenoxy) is 1. The third-order valence-electron chi connectivity index (χ3n) is 2.85. The van der Waals surface area contributed by atoms with Crippen LogP contribution in [0, 0.1) is 5.82 Å². The largest absolute Gasteiger partial charge is 0.481 e. The molecule has 0 aliphatic carbocycles. The summed E-state index contributed by atoms with van der Waals surface area (Å²) in [7, 11) is 1.66. The van der Waals surface area contributed by atoms with Gasteiger partial charge in [-0.3, -0.25) is 4.79 Å². The number of benzene rings is 1. The van der Waals surface area contributed by atoms with Crippen molar-refractivity contribution in [1.29, 1.82) is 0 Å². The molecule has 1 unspecified atom stereocenters. The average Bonchev–Trinajstić information content (AvgIpc) is 2.83. The van der Waals surface area contributed by atoms with E-state index in [0.29, 0.717) is 22.7 Å². The molecule has 4 nitrogen and oxygen atoms in total. The van der Waals surface area contributed by atoms with E-state index >= 15 is 0 Å². The molecule has 1 heterocycles. The maximum atomic E-state index is 13.1. The summed E-state index contributed by atoms with van der Waals surface area (Å²) < 4.78 is 24.5. The first kappa shape index (κ1) is 15.6. The SMILES string of the molecule is CC(Oc1cccc(F)c1)C(=O)N(C)Cc1ccc(Br)o1. The Morgan fingerprint density at radius 1 is 1.43 bits per heavy atom. The summed E-state index contributed by atoms with van der Waals surface area (Å²) in [6.07, 6.45) is -0.713. The highest BCUT2D eigenvalue weighted by Gasteiger charge is 2.20. The molecule has 1 amide bonds. The van der Waals surface area contributed by atoms with E-state index < -0.39 is 11.9 Å². The first-order valence-electron chi connectivity index (χ1n) is 6.37. The quantitative estimate of drug-likeness (QED) is 0.822. The molecule has 21 heavy (non-hydrogen) atoms. The Hall–Kier alpha value is -1.82. The monoisotopic (exact) mass is 355 g/mol. The van der Waals surface area contributed by atoms with Crippen LogP contribution in [0.5, 0.6) is 5.75 Å². The highest BCUT2D eigenvalue weighted by Crippen LogP contribution is 2.17. The average molecular weight is 356 g/mol. The molecule has 2 rings (SSSR count). The van der Waals surface area contributed by atoms with Gasteiger partial charge in [-0.2, -0.15) is 0 Å². The molecule has 112 valence electrons. The van der Waals surface area contributed by atoms with Gasteiger partial charge < -0.3 is 14.1 Å². The maximum absolute atomic E-state index is 13.1. The molecular weight excluding hydrogens is 341 g/mol. The third-order valence-corrected chi connectivity index (χ3v) is 3.28. The number of carbonyl (C=O) groups excluding carboxylic acids is 1. The number of furan rings is 1. The van der Waals surface area contributed by atoms with Crippen molar-refractivity contribution in [2.75, 3.05) is 7.05 Å². The van der Waals surface area contributed by atoms with Gasteiger partial charge in [0.1, 0.15) is 17.3 Å². The molecule has 0 bridgehead atoms. The molecule has 2 aromatic rings. The first-order chi connectivity index (χ1) is 9.95. The minimum absolute atomic E-state index is 0.216. The van der Waals surface area contributed by atoms with E-state index in [-0.39, 0.29) is 5.91 Å². The van der Waals surface area contributed by atoms with Gasteiger partial charge >= 0.3 is 0 Å². The number of amides is 1. The van der Waals surface area contributed by atoms with Gasteiger partial charge in [-0.15, -0.1) is 0 Å². The van der Waals surface area contributed by atoms with Crippen LogP contribution in [0.15, 0.2) is 45.5 Å². The lowest BCUT2D eigenvalue weighted by molar-refractivity contribution is -0.137. The highest BCUT2D eigenvalue weighted by atomic mass is 79.9. The van der Waals surface area contributed by atoms with Gasteiger partial charge in [-0.25, -0.2) is 4.39 Å². The predicted molar refractivity (Wildman–Crippen MR) is 79.4 cm³/mol. The Labute approximate surface area is 130 Å². The molecule has 1 aromatic heterocycles. The molecule has 0 spiro atoms. The summed E-state index contributed by atoms with van der Waals surface area (Å²) in [6, 6.07) is 9.25. The zero-order valence-electron chi connectivity index (χ0n) is 11.7. The number of likely N-dealkylation sites (N-methyl/N-ethyl adjacent to an activating group) is 1. The van der Waals surface area contributed by atoms with Gasteiger partial charge in [-0.1, -0.05) is 6.07 Å². The van der Waals surface area contributed by atoms with E-state index in [9.17, 15) is 9.18 Å². The Morgan fingerprint density at radius 2 is 2.19 bits per heavy atom. The van der Waals surface area contributed by atoms with Crippen molar-refractivity contribution in [1.82, 2.24) is 4.90 Å². The predicted octanol–water partition coefficient (Wildman–Crippen LogP) is 3.61. The fraction of sp³-hybridized carbons (Fsp3) is 0.267. The third kappa shape index (κ3) is 4.32. The normalized spacial score (nSPS) is 12.0. The van der Waals surface area contributed by atoms with Gasteiger partial charge in [0.25, 0.3) is 5.91 Å². The number of nitrogens with zero attached hydrogens (tertiary/aromatic N) is 1. The number of hydrogen-bond donors (Lipinski definition) is 0. The van der Waals surface area contributed by atoms with Crippen LogP contribution in [0.25, 0.3) is 0 Å². The fourth-order valence-corrected chi connectivity index (χ4v) is 2.19. The standard InChI is InChI=1S/C15H15BrFNO3/c1-10(20-12-5-3-4-11(17)8-12)15(19)18(2)9-13-6-7-14(16)21-13/h3-8,10H,9H2,1-2H3. The fourth-order valence-electron chi connectivity index (χ4n) is 1.85. The van der Waals surface area contributed by atoms with Crippen LogP contribution in [0.4, 0.5) is 4.39 Å². The zero-order chi connectivity index (χ0) is 15.4. The molecule has 0 fully saturated rings. The van der Waals surface area contributed by atoms with Crippen LogP contribution in [-0.2, 0) is 11.3 Å². The zero-order valence-corrected chi connectivity index (χ0v) is 13.3. The second kappa shape index (κ2) is 6.76. The highest BCUT2D eigenvalue weighted by molar-refractivity contribution is 9.10. The summed E-state index contributed by atoms with van der Waals surface area (Å²) in [6.45, 7) is 1.96. The molecule has 0 radical (unpaired) electrons. The van der Waals surface area contributed by atoms with Crippen LogP contribution in [0.3, 0.4) is 0 Å². The van der Waals surface area contributed by atoms with E-state index in [1.807, 2.05) is 0 Å². The topological polar surface area (TPSA) is 42.7 Å². The van der Waals surface area contributed by atoms with E-state index in [1.54, 1.807) is 32.2 Å². The van der Waals surface area contributed by atoms with Crippen molar-refractivity contribution in [3.05, 3.63) is 52.6 Å². The van der Waals surface area contributed by atoms with Crippen molar-refractivity contribution >= 4 is 21.8 Å². The molecule has 6 heteroatoms. The van der Waals surface area contributed by atoms with Gasteiger partial charge in [-0.05, 0) is 47.1 Å². The number of carbonyl (C=O) groups is 1. The Bertz CT molecular complexity index is 629. The lowest BCUT2D eigenvalue weighted by atomic mass is 10.3. The van der Waals surface area contributed by atoms with Crippen LogP contribution in [-0.4, -0.2) is 24.0 Å². The second-order valence-corrected chi connectivity index (χ2v) is 5.40. The summed E-state index contributed by atoms with van der Waals surface area (Å²) in [5, 5.41) is 0. The lowest BCUT2D eigenvalue weighted by Gasteiger charge is -2.21. The van der Waals surface area contributed by atoms with E-state index in [1.165, 1.54) is 23.1 Å². The van der Waals surface area contributed by atoms with Crippen molar-refractivity contribution in [2.45, 2.75) is 19.6 Å². The van der Waals surface area contributed by atoms with Crippen molar-refractivity contribution in [3.8, 4) is 5.75 Å². The van der Waals surface area contributed by atoms with Gasteiger partial charge in [0.05, 0.1) is 6.54 Å². The maximum Gasteiger partial charge on any atom is 0.263 e. The van der Waals surface area contributed by atoms with E-state index in [0.717, 1.165) is 0 Å². The smallest absolute Gasteiger partial charge is 0.263 e. The summed E-state index contributed by atoms with van der Waals surface area (Å²) in [5.74, 6) is 0.369. The summed E-state index contributed by atoms with van der Waals surface area (Å²) in [5.41, 5.74) is 0. The molecule has 0 saturated heterocycles. The Balaban J connectivity index is 1.95. The van der Waals surface area contributed by atoms with Crippen LogP contribution in [0.1, 0.15) is 12.7 Å². The number of hydrogen-bond acceptors (Lipinski definition) is 3. The van der Waals surface area contributed by atoms with Crippen LogP contribution in [0.2, 0.25) is 0 Å². The molecule has 1 atom stereocenters. The van der Waals surface area contributed by atoms with E-state index in [4.69, 9.17) is 9.15 Å². The van der Waals surface area contributed by atoms with Crippen molar-refractivity contribution < 1.29 is 18.3 Å². The minimum Gasteiger partial charge on any atom is -0.481 e. The summed E-state index contributed by atoms with van der Waals surface area (Å²) >= 11 is 3.21. The Morgan fingerprint density at radius 3 is 2.81 bits per heavy atom. The molecule has 0 aliphatic heterocycles. The van der Waals surface area contributed by atoms with Crippen LogP contribution >= 0.6 is 15.9 Å². The second-order valence-electron chi connectivity index (χ2n) is 4.62. The minimum atomic E-state index is -0.713. The van der Waals surface area contributed by atoms with Crippen molar-refractivity contribution in [3.63, 3.8) is 0 Å². The molecule has 1 aromatic carbocycles. The van der Waals surface area contributed by atoms with Crippen LogP contribution < -0.4 is 4.74 Å². The van der Waals surface area contributed by atoms with E-state index in [2.05, 4.69) is 15.9 Å². The van der Waals surface area contributed by atoms with Crippen molar-refractivity contribution in [2.24, 2.45) is 0 Å². The first-order valence-corrected chi connectivity index (χ1v) is 7.16.